The first kappa shape index (κ1) is 24.9. The van der Waals surface area contributed by atoms with Gasteiger partial charge in [0, 0.05) is 0 Å². The molecule has 3 atom stereocenters. The van der Waals surface area contributed by atoms with Crippen molar-refractivity contribution in [3.63, 3.8) is 0 Å². The Morgan fingerprint density at radius 1 is 0.548 bits per heavy atom. The molecule has 0 aromatic heterocycles. The summed E-state index contributed by atoms with van der Waals surface area (Å²) in [7, 11) is 0. The van der Waals surface area contributed by atoms with Crippen LogP contribution in [-0.4, -0.2) is 53.8 Å². The van der Waals surface area contributed by atoms with Crippen molar-refractivity contribution in [2.45, 2.75) is 96.7 Å². The number of fused-ring (bicyclic) bond motifs is 3. The summed E-state index contributed by atoms with van der Waals surface area (Å²) in [4.78, 5) is 13.0. The van der Waals surface area contributed by atoms with E-state index in [0.29, 0.717) is 17.8 Å². The molecule has 168 valence electrons. The molecule has 0 amide bonds. The molecule has 6 rings (SSSR count). The third-order valence-corrected chi connectivity index (χ3v) is 6.84. The number of hydrogen-bond acceptors (Lipinski definition) is 3. The van der Waals surface area contributed by atoms with Gasteiger partial charge in [-0.3, -0.25) is 0 Å². The van der Waals surface area contributed by atoms with Crippen molar-refractivity contribution < 1.29 is 25.8 Å². The maximum absolute atomic E-state index is 4.53. The molecule has 6 heterocycles. The second-order valence-corrected chi connectivity index (χ2v) is 11.6. The standard InChI is InChI=1S/3C8H13N2.Sc/c3*1-8(2)5-6-3-4-9-7(6)10-8;/h3*6H,3-5H2,1-2H3;/q3*-1;+3. The Morgan fingerprint density at radius 3 is 1.03 bits per heavy atom. The van der Waals surface area contributed by atoms with E-state index < -0.39 is 0 Å². The molecule has 31 heavy (non-hydrogen) atoms. The van der Waals surface area contributed by atoms with Crippen LogP contribution >= 0.6 is 0 Å². The number of aliphatic imine (C=N–C) groups is 3. The zero-order valence-corrected chi connectivity index (χ0v) is 22.2. The normalized spacial score (nSPS) is 33.9. The van der Waals surface area contributed by atoms with Crippen molar-refractivity contribution in [3.8, 4) is 0 Å². The Balaban J connectivity index is 0.000000130. The summed E-state index contributed by atoms with van der Waals surface area (Å²) in [6, 6.07) is 0. The summed E-state index contributed by atoms with van der Waals surface area (Å²) in [5.74, 6) is 5.54. The molecule has 0 aliphatic carbocycles. The Bertz CT molecular complexity index is 651. The average molecular weight is 457 g/mol. The third kappa shape index (κ3) is 6.20. The zero-order valence-electron chi connectivity index (χ0n) is 20.4. The van der Waals surface area contributed by atoms with Crippen LogP contribution in [0.3, 0.4) is 0 Å². The molecule has 0 radical (unpaired) electrons. The van der Waals surface area contributed by atoms with Crippen LogP contribution in [0.4, 0.5) is 0 Å². The van der Waals surface area contributed by atoms with E-state index >= 15 is 0 Å². The van der Waals surface area contributed by atoms with Crippen LogP contribution < -0.4 is 0 Å². The molecule has 6 aliphatic heterocycles. The van der Waals surface area contributed by atoms with Crippen molar-refractivity contribution in [1.29, 1.82) is 0 Å². The molecule has 0 aromatic rings. The number of nitrogens with zero attached hydrogens (tertiary/aromatic N) is 6. The van der Waals surface area contributed by atoms with Crippen LogP contribution in [0.25, 0.3) is 16.0 Å². The fraction of sp³-hybridized carbons (Fsp3) is 0.875. The van der Waals surface area contributed by atoms with Gasteiger partial charge in [0.15, 0.2) is 0 Å². The van der Waals surface area contributed by atoms with Gasteiger partial charge >= 0.3 is 25.8 Å². The minimum Gasteiger partial charge on any atom is -0.469 e. The molecule has 3 saturated heterocycles. The van der Waals surface area contributed by atoms with E-state index in [-0.39, 0.29) is 42.5 Å². The molecular formula is C24H39N6Sc. The van der Waals surface area contributed by atoms with Gasteiger partial charge in [0.2, 0.25) is 0 Å². The van der Waals surface area contributed by atoms with Crippen LogP contribution in [0, 0.1) is 17.8 Å². The van der Waals surface area contributed by atoms with E-state index in [1.165, 1.54) is 38.5 Å². The van der Waals surface area contributed by atoms with E-state index in [1.54, 1.807) is 0 Å². The Labute approximate surface area is 207 Å². The van der Waals surface area contributed by atoms with Crippen LogP contribution in [0.5, 0.6) is 0 Å². The summed E-state index contributed by atoms with van der Waals surface area (Å²) in [6.07, 6.45) is 7.36. The number of hydrogen-bond donors (Lipinski definition) is 0. The summed E-state index contributed by atoms with van der Waals surface area (Å²) in [5.41, 5.74) is 0.553. The summed E-state index contributed by atoms with van der Waals surface area (Å²) in [5, 5.41) is 13.6. The fourth-order valence-electron chi connectivity index (χ4n) is 5.62. The van der Waals surface area contributed by atoms with E-state index in [2.05, 4.69) is 72.5 Å². The van der Waals surface area contributed by atoms with Crippen LogP contribution in [-0.2, 0) is 25.8 Å². The molecule has 0 bridgehead atoms. The smallest absolute Gasteiger partial charge is 0.469 e. The van der Waals surface area contributed by atoms with Crippen LogP contribution in [0.2, 0.25) is 0 Å². The zero-order chi connectivity index (χ0) is 21.6. The summed E-state index contributed by atoms with van der Waals surface area (Å²) < 4.78 is 0. The summed E-state index contributed by atoms with van der Waals surface area (Å²) in [6.45, 7) is 16.2. The number of rotatable bonds is 0. The Hall–Kier alpha value is -0.720. The van der Waals surface area contributed by atoms with Crippen molar-refractivity contribution in [2.24, 2.45) is 32.7 Å². The molecule has 0 saturated carbocycles. The van der Waals surface area contributed by atoms with Gasteiger partial charge in [-0.05, 0) is 72.9 Å². The predicted molar refractivity (Wildman–Crippen MR) is 127 cm³/mol. The van der Waals surface area contributed by atoms with Gasteiger partial charge < -0.3 is 30.9 Å². The second kappa shape index (κ2) is 9.26. The van der Waals surface area contributed by atoms with Gasteiger partial charge in [-0.1, -0.05) is 78.7 Å². The monoisotopic (exact) mass is 456 g/mol. The largest absolute Gasteiger partial charge is 3.00 e. The van der Waals surface area contributed by atoms with Crippen molar-refractivity contribution in [3.05, 3.63) is 16.0 Å². The third-order valence-electron chi connectivity index (χ3n) is 6.84. The molecule has 0 aromatic carbocycles. The molecule has 7 heteroatoms. The van der Waals surface area contributed by atoms with Gasteiger partial charge in [0.1, 0.15) is 0 Å². The second-order valence-electron chi connectivity index (χ2n) is 11.6. The number of amidine groups is 3. The quantitative estimate of drug-likeness (QED) is 0.436. The van der Waals surface area contributed by atoms with Gasteiger partial charge in [0.25, 0.3) is 0 Å². The molecule has 3 fully saturated rings. The Morgan fingerprint density at radius 2 is 0.806 bits per heavy atom. The minimum atomic E-state index is 0. The van der Waals surface area contributed by atoms with Crippen LogP contribution in [0.1, 0.15) is 80.1 Å². The maximum Gasteiger partial charge on any atom is 3.00 e. The van der Waals surface area contributed by atoms with Gasteiger partial charge in [0.05, 0.1) is 0 Å². The minimum absolute atomic E-state index is 0. The maximum atomic E-state index is 4.53. The van der Waals surface area contributed by atoms with Crippen molar-refractivity contribution in [1.82, 2.24) is 0 Å². The average Bonchev–Trinajstić information content (AvgIpc) is 3.37. The van der Waals surface area contributed by atoms with E-state index in [0.717, 1.165) is 37.1 Å². The predicted octanol–water partition coefficient (Wildman–Crippen LogP) is 5.88. The summed E-state index contributed by atoms with van der Waals surface area (Å²) >= 11 is 0. The van der Waals surface area contributed by atoms with E-state index in [9.17, 15) is 0 Å². The Kier molecular flexibility index (Phi) is 7.44. The molecule has 3 unspecified atom stereocenters. The van der Waals surface area contributed by atoms with E-state index in [4.69, 9.17) is 0 Å². The van der Waals surface area contributed by atoms with Crippen molar-refractivity contribution in [2.75, 3.05) is 19.6 Å². The van der Waals surface area contributed by atoms with Crippen LogP contribution in [0.15, 0.2) is 15.0 Å². The van der Waals surface area contributed by atoms with Gasteiger partial charge in [-0.15, -0.1) is 0 Å². The fourth-order valence-corrected chi connectivity index (χ4v) is 5.62. The first-order valence-electron chi connectivity index (χ1n) is 11.8. The molecular weight excluding hydrogens is 417 g/mol. The molecule has 6 nitrogen and oxygen atoms in total. The van der Waals surface area contributed by atoms with Crippen molar-refractivity contribution >= 4 is 17.5 Å². The van der Waals surface area contributed by atoms with E-state index in [1.807, 2.05) is 0 Å². The van der Waals surface area contributed by atoms with Gasteiger partial charge in [-0.2, -0.15) is 0 Å². The SMILES string of the molecule is CC1(C)CC2CCN=C2[N-]1.CC1(C)CC2CCN=C2[N-]1.CC1(C)CC2CCN=C2[N-]1.[Sc+3]. The first-order chi connectivity index (χ1) is 14.0. The molecule has 0 spiro atoms. The van der Waals surface area contributed by atoms with Gasteiger partial charge in [-0.25, -0.2) is 0 Å². The molecule has 0 N–H and O–H groups in total. The topological polar surface area (TPSA) is 79.4 Å². The first-order valence-corrected chi connectivity index (χ1v) is 11.8. The molecule has 6 aliphatic rings.